The van der Waals surface area contributed by atoms with Crippen molar-refractivity contribution in [2.24, 2.45) is 5.92 Å². The van der Waals surface area contributed by atoms with E-state index in [1.807, 2.05) is 18.2 Å². The summed E-state index contributed by atoms with van der Waals surface area (Å²) >= 11 is 0. The predicted molar refractivity (Wildman–Crippen MR) is 80.0 cm³/mol. The molecule has 0 radical (unpaired) electrons. The van der Waals surface area contributed by atoms with Gasteiger partial charge in [-0.25, -0.2) is 4.39 Å². The second-order valence-corrected chi connectivity index (χ2v) is 5.84. The van der Waals surface area contributed by atoms with Crippen LogP contribution in [-0.2, 0) is 0 Å². The molecule has 0 aliphatic heterocycles. The molecule has 1 unspecified atom stereocenters. The third kappa shape index (κ3) is 2.91. The molecule has 3 rings (SSSR count). The lowest BCUT2D eigenvalue weighted by Gasteiger charge is -2.37. The Hall–Kier alpha value is -1.67. The van der Waals surface area contributed by atoms with Crippen LogP contribution in [0.2, 0.25) is 0 Å². The van der Waals surface area contributed by atoms with E-state index in [4.69, 9.17) is 0 Å². The highest BCUT2D eigenvalue weighted by atomic mass is 19.1. The van der Waals surface area contributed by atoms with E-state index in [1.165, 1.54) is 30.5 Å². The first-order valence-corrected chi connectivity index (χ1v) is 7.29. The van der Waals surface area contributed by atoms with Gasteiger partial charge in [0.2, 0.25) is 0 Å². The van der Waals surface area contributed by atoms with Gasteiger partial charge in [-0.15, -0.1) is 0 Å². The molecule has 1 aliphatic carbocycles. The molecule has 2 aromatic rings. The molecule has 0 amide bonds. The maximum absolute atomic E-state index is 13.1. The summed E-state index contributed by atoms with van der Waals surface area (Å²) in [5, 5.41) is 3.71. The van der Waals surface area contributed by atoms with E-state index in [0.717, 1.165) is 11.5 Å². The zero-order chi connectivity index (χ0) is 13.9. The van der Waals surface area contributed by atoms with Crippen molar-refractivity contribution in [3.05, 3.63) is 71.5 Å². The molecule has 1 fully saturated rings. The summed E-state index contributed by atoms with van der Waals surface area (Å²) in [6.45, 7) is 2.29. The van der Waals surface area contributed by atoms with E-state index in [1.54, 1.807) is 0 Å². The lowest BCUT2D eigenvalue weighted by Crippen LogP contribution is -2.42. The van der Waals surface area contributed by atoms with E-state index in [2.05, 4.69) is 36.5 Å². The molecule has 2 heteroatoms. The molecule has 1 aliphatic rings. The van der Waals surface area contributed by atoms with Gasteiger partial charge in [0.05, 0.1) is 6.04 Å². The summed E-state index contributed by atoms with van der Waals surface area (Å²) in [6.07, 6.45) is 2.45. The molecule has 2 aromatic carbocycles. The van der Waals surface area contributed by atoms with Crippen LogP contribution in [0.4, 0.5) is 4.39 Å². The molecule has 1 N–H and O–H groups in total. The Kier molecular flexibility index (Phi) is 3.83. The average molecular weight is 269 g/mol. The van der Waals surface area contributed by atoms with Crippen molar-refractivity contribution >= 4 is 0 Å². The van der Waals surface area contributed by atoms with Crippen LogP contribution in [-0.4, -0.2) is 6.04 Å². The standard InChI is InChI=1S/C18H20FN/c1-13-11-17(12-13)20-18(14-5-3-2-4-6-14)15-7-9-16(19)10-8-15/h2-10,13,17-18,20H,11-12H2,1H3. The number of benzene rings is 2. The molecule has 1 saturated carbocycles. The second kappa shape index (κ2) is 5.76. The minimum absolute atomic E-state index is 0.147. The van der Waals surface area contributed by atoms with Crippen LogP contribution in [0.25, 0.3) is 0 Å². The smallest absolute Gasteiger partial charge is 0.123 e. The predicted octanol–water partition coefficient (Wildman–Crippen LogP) is 4.30. The van der Waals surface area contributed by atoms with Crippen molar-refractivity contribution in [1.82, 2.24) is 5.32 Å². The highest BCUT2D eigenvalue weighted by Gasteiger charge is 2.28. The van der Waals surface area contributed by atoms with Gasteiger partial charge in [-0.1, -0.05) is 49.4 Å². The third-order valence-corrected chi connectivity index (χ3v) is 4.11. The molecule has 1 atom stereocenters. The van der Waals surface area contributed by atoms with Crippen molar-refractivity contribution in [1.29, 1.82) is 0 Å². The van der Waals surface area contributed by atoms with Crippen molar-refractivity contribution < 1.29 is 4.39 Å². The summed E-state index contributed by atoms with van der Waals surface area (Å²) in [7, 11) is 0. The second-order valence-electron chi connectivity index (χ2n) is 5.84. The van der Waals surface area contributed by atoms with Crippen LogP contribution in [0.3, 0.4) is 0 Å². The number of hydrogen-bond acceptors (Lipinski definition) is 1. The Morgan fingerprint density at radius 3 is 2.15 bits per heavy atom. The van der Waals surface area contributed by atoms with Crippen molar-refractivity contribution in [2.75, 3.05) is 0 Å². The minimum Gasteiger partial charge on any atom is -0.303 e. The Morgan fingerprint density at radius 1 is 0.950 bits per heavy atom. The number of rotatable bonds is 4. The Bertz CT molecular complexity index is 543. The van der Waals surface area contributed by atoms with Crippen LogP contribution < -0.4 is 5.32 Å². The zero-order valence-electron chi connectivity index (χ0n) is 11.7. The average Bonchev–Trinajstić information content (AvgIpc) is 2.44. The van der Waals surface area contributed by atoms with Gasteiger partial charge in [-0.2, -0.15) is 0 Å². The number of halogens is 1. The molecule has 1 nitrogen and oxygen atoms in total. The SMILES string of the molecule is CC1CC(NC(c2ccccc2)c2ccc(F)cc2)C1. The fourth-order valence-corrected chi connectivity index (χ4v) is 2.96. The van der Waals surface area contributed by atoms with E-state index >= 15 is 0 Å². The summed E-state index contributed by atoms with van der Waals surface area (Å²) in [5.74, 6) is 0.634. The van der Waals surface area contributed by atoms with E-state index in [-0.39, 0.29) is 11.9 Å². The van der Waals surface area contributed by atoms with Gasteiger partial charge in [0.25, 0.3) is 0 Å². The van der Waals surface area contributed by atoms with Crippen LogP contribution >= 0.6 is 0 Å². The van der Waals surface area contributed by atoms with E-state index in [9.17, 15) is 4.39 Å². The first-order valence-electron chi connectivity index (χ1n) is 7.29. The van der Waals surface area contributed by atoms with Gasteiger partial charge in [-0.3, -0.25) is 0 Å². The highest BCUT2D eigenvalue weighted by molar-refractivity contribution is 5.32. The molecule has 0 bridgehead atoms. The molecule has 0 aromatic heterocycles. The summed E-state index contributed by atoms with van der Waals surface area (Å²) in [4.78, 5) is 0. The largest absolute Gasteiger partial charge is 0.303 e. The Balaban J connectivity index is 1.85. The highest BCUT2D eigenvalue weighted by Crippen LogP contribution is 2.31. The van der Waals surface area contributed by atoms with Crippen LogP contribution in [0.1, 0.15) is 36.9 Å². The molecule has 0 saturated heterocycles. The molecular weight excluding hydrogens is 249 g/mol. The molecule has 0 heterocycles. The summed E-state index contributed by atoms with van der Waals surface area (Å²) in [6, 6.07) is 17.9. The topological polar surface area (TPSA) is 12.0 Å². The van der Waals surface area contributed by atoms with Gasteiger partial charge < -0.3 is 5.32 Å². The molecular formula is C18H20FN. The summed E-state index contributed by atoms with van der Waals surface area (Å²) < 4.78 is 13.1. The molecule has 20 heavy (non-hydrogen) atoms. The minimum atomic E-state index is -0.183. The van der Waals surface area contributed by atoms with E-state index < -0.39 is 0 Å². The van der Waals surface area contributed by atoms with Crippen LogP contribution in [0.5, 0.6) is 0 Å². The van der Waals surface area contributed by atoms with Gasteiger partial charge >= 0.3 is 0 Å². The fraction of sp³-hybridized carbons (Fsp3) is 0.333. The van der Waals surface area contributed by atoms with Crippen LogP contribution in [0.15, 0.2) is 54.6 Å². The van der Waals surface area contributed by atoms with Crippen molar-refractivity contribution in [3.63, 3.8) is 0 Å². The van der Waals surface area contributed by atoms with Crippen molar-refractivity contribution in [3.8, 4) is 0 Å². The van der Waals surface area contributed by atoms with Gasteiger partial charge in [0.15, 0.2) is 0 Å². The molecule has 0 spiro atoms. The normalized spacial score (nSPS) is 23.1. The lowest BCUT2D eigenvalue weighted by atomic mass is 9.81. The van der Waals surface area contributed by atoms with Crippen molar-refractivity contribution in [2.45, 2.75) is 31.8 Å². The Morgan fingerprint density at radius 2 is 1.55 bits per heavy atom. The maximum Gasteiger partial charge on any atom is 0.123 e. The quantitative estimate of drug-likeness (QED) is 0.872. The van der Waals surface area contributed by atoms with Gasteiger partial charge in [-0.05, 0) is 42.0 Å². The third-order valence-electron chi connectivity index (χ3n) is 4.11. The van der Waals surface area contributed by atoms with Gasteiger partial charge in [0.1, 0.15) is 5.82 Å². The molecule has 104 valence electrons. The number of nitrogens with one attached hydrogen (secondary N) is 1. The maximum atomic E-state index is 13.1. The lowest BCUT2D eigenvalue weighted by molar-refractivity contribution is 0.230. The van der Waals surface area contributed by atoms with Gasteiger partial charge in [0, 0.05) is 6.04 Å². The first-order chi connectivity index (χ1) is 9.72. The van der Waals surface area contributed by atoms with Crippen LogP contribution in [0, 0.1) is 11.7 Å². The summed E-state index contributed by atoms with van der Waals surface area (Å²) in [5.41, 5.74) is 2.36. The monoisotopic (exact) mass is 269 g/mol. The van der Waals surface area contributed by atoms with E-state index in [0.29, 0.717) is 6.04 Å². The zero-order valence-corrected chi connectivity index (χ0v) is 11.7. The first kappa shape index (κ1) is 13.3. The fourth-order valence-electron chi connectivity index (χ4n) is 2.96. The number of hydrogen-bond donors (Lipinski definition) is 1. The Labute approximate surface area is 119 Å².